The Morgan fingerprint density at radius 2 is 0.603 bits per heavy atom. The predicted octanol–water partition coefficient (Wildman–Crippen LogP) is 0.888. The van der Waals surface area contributed by atoms with Gasteiger partial charge in [0.15, 0.2) is 0 Å². The van der Waals surface area contributed by atoms with E-state index in [9.17, 15) is 14.4 Å². The summed E-state index contributed by atoms with van der Waals surface area (Å²) in [6.45, 7) is 9.37. The molecule has 0 saturated carbocycles. The predicted molar refractivity (Wildman–Crippen MR) is 209 cm³/mol. The van der Waals surface area contributed by atoms with Gasteiger partial charge in [-0.3, -0.25) is 19.3 Å². The minimum Gasteiger partial charge on any atom is -0.379 e. The van der Waals surface area contributed by atoms with Gasteiger partial charge in [-0.15, -0.1) is 0 Å². The Hall–Kier alpha value is -4.06. The van der Waals surface area contributed by atoms with Crippen LogP contribution in [0.2, 0.25) is 0 Å². The molecule has 0 spiro atoms. The lowest BCUT2D eigenvalue weighted by atomic mass is 10.3. The topological polar surface area (TPSA) is 320 Å². The third-order valence-electron chi connectivity index (χ3n) is 7.10. The van der Waals surface area contributed by atoms with Crippen molar-refractivity contribution in [1.29, 1.82) is 0 Å². The molecule has 0 saturated heterocycles. The number of azide groups is 3. The van der Waals surface area contributed by atoms with E-state index in [1.807, 2.05) is 4.90 Å². The molecule has 0 aliphatic heterocycles. The lowest BCUT2D eigenvalue weighted by Crippen LogP contribution is -2.43. The molecule has 0 aromatic heterocycles. The molecule has 25 heteroatoms. The molecule has 3 amide bonds. The molecule has 0 heterocycles. The van der Waals surface area contributed by atoms with Gasteiger partial charge in [-0.25, -0.2) is 0 Å². The second kappa shape index (κ2) is 45.6. The Bertz CT molecular complexity index is 1020. The molecule has 25 nitrogen and oxygen atoms in total. The lowest BCUT2D eigenvalue weighted by Gasteiger charge is -2.23. The Kier molecular flexibility index (Phi) is 42.4. The van der Waals surface area contributed by atoms with Crippen LogP contribution < -0.4 is 16.0 Å². The number of hydrogen-bond acceptors (Lipinski definition) is 16. The highest BCUT2D eigenvalue weighted by Crippen LogP contribution is 1.92. The molecule has 0 aliphatic rings. The van der Waals surface area contributed by atoms with Crippen molar-refractivity contribution in [3.05, 3.63) is 31.3 Å². The SMILES string of the molecule is [N-]=[N+]=NCCOCCOCCOCCC(=O)NCCN(CCNC(=O)CCOCCOCCOCCN=[N+]=[N-])CCNC(=O)CCOCCOCCOCCN=[N+]=[N-]. The van der Waals surface area contributed by atoms with Crippen molar-refractivity contribution in [3.8, 4) is 0 Å². The first-order valence-electron chi connectivity index (χ1n) is 19.3. The van der Waals surface area contributed by atoms with Gasteiger partial charge in [0.2, 0.25) is 17.7 Å². The number of nitrogens with one attached hydrogen (secondary N) is 3. The Morgan fingerprint density at radius 3 is 0.845 bits per heavy atom. The largest absolute Gasteiger partial charge is 0.379 e. The second-order valence-corrected chi connectivity index (χ2v) is 11.5. The number of rotatable bonds is 45. The van der Waals surface area contributed by atoms with Crippen molar-refractivity contribution in [2.75, 3.05) is 178 Å². The summed E-state index contributed by atoms with van der Waals surface area (Å²) in [5, 5.41) is 18.7. The first kappa shape index (κ1) is 53.9. The standard InChI is InChI=1S/C33H63N13O12/c34-43-40-7-16-53-22-28-56-25-19-50-13-1-31(47)37-4-10-46(11-5-38-32(48)2-14-51-20-26-57-29-23-54-17-8-41-44-35)12-6-39-33(49)3-15-52-21-27-58-30-24-55-18-9-42-45-36/h1-30H2,(H,37,47)(H,38,48)(H,39,49). The van der Waals surface area contributed by atoms with E-state index in [1.54, 1.807) is 0 Å². The molecule has 58 heavy (non-hydrogen) atoms. The quantitative estimate of drug-likeness (QED) is 0.0333. The number of amides is 3. The molecule has 0 unspecified atom stereocenters. The normalized spacial score (nSPS) is 10.7. The summed E-state index contributed by atoms with van der Waals surface area (Å²) < 4.78 is 48.2. The van der Waals surface area contributed by atoms with Gasteiger partial charge in [0.25, 0.3) is 0 Å². The summed E-state index contributed by atoms with van der Waals surface area (Å²) in [5.41, 5.74) is 24.6. The Balaban J connectivity index is 4.31. The van der Waals surface area contributed by atoms with Crippen molar-refractivity contribution in [3.63, 3.8) is 0 Å². The summed E-state index contributed by atoms with van der Waals surface area (Å²) in [5.74, 6) is -0.506. The summed E-state index contributed by atoms with van der Waals surface area (Å²) in [4.78, 5) is 47.0. The third kappa shape index (κ3) is 43.1. The van der Waals surface area contributed by atoms with E-state index in [4.69, 9.17) is 59.2 Å². The van der Waals surface area contributed by atoms with Crippen LogP contribution in [0.3, 0.4) is 0 Å². The van der Waals surface area contributed by atoms with Crippen LogP contribution in [-0.4, -0.2) is 200 Å². The van der Waals surface area contributed by atoms with Crippen molar-refractivity contribution in [2.24, 2.45) is 15.3 Å². The fourth-order valence-corrected chi connectivity index (χ4v) is 4.23. The summed E-state index contributed by atoms with van der Waals surface area (Å²) in [6, 6.07) is 0. The molecule has 332 valence electrons. The van der Waals surface area contributed by atoms with E-state index < -0.39 is 0 Å². The fourth-order valence-electron chi connectivity index (χ4n) is 4.23. The summed E-state index contributed by atoms with van der Waals surface area (Å²) >= 11 is 0. The van der Waals surface area contributed by atoms with E-state index >= 15 is 0 Å². The zero-order valence-corrected chi connectivity index (χ0v) is 33.6. The van der Waals surface area contributed by atoms with Crippen LogP contribution >= 0.6 is 0 Å². The number of ether oxygens (including phenoxy) is 9. The van der Waals surface area contributed by atoms with Crippen LogP contribution in [0, 0.1) is 0 Å². The van der Waals surface area contributed by atoms with Crippen LogP contribution in [0.1, 0.15) is 19.3 Å². The van der Waals surface area contributed by atoms with Crippen molar-refractivity contribution in [2.45, 2.75) is 19.3 Å². The highest BCUT2D eigenvalue weighted by molar-refractivity contribution is 5.76. The van der Waals surface area contributed by atoms with Gasteiger partial charge in [-0.1, -0.05) is 15.3 Å². The molecule has 0 atom stereocenters. The number of carbonyl (C=O) groups is 3. The van der Waals surface area contributed by atoms with Gasteiger partial charge in [-0.2, -0.15) is 0 Å². The van der Waals surface area contributed by atoms with Gasteiger partial charge in [0.05, 0.1) is 119 Å². The Labute approximate surface area is 339 Å². The van der Waals surface area contributed by atoms with Crippen molar-refractivity contribution < 1.29 is 57.0 Å². The van der Waals surface area contributed by atoms with Gasteiger partial charge < -0.3 is 58.6 Å². The highest BCUT2D eigenvalue weighted by Gasteiger charge is 2.10. The lowest BCUT2D eigenvalue weighted by molar-refractivity contribution is -0.123. The molecule has 0 rings (SSSR count). The minimum absolute atomic E-state index is 0.169. The molecule has 0 aliphatic carbocycles. The molecule has 0 aromatic carbocycles. The van der Waals surface area contributed by atoms with Crippen LogP contribution in [0.5, 0.6) is 0 Å². The summed E-state index contributed by atoms with van der Waals surface area (Å²) in [6.07, 6.45) is 0.542. The average molecular weight is 834 g/mol. The van der Waals surface area contributed by atoms with E-state index in [-0.39, 0.29) is 76.4 Å². The van der Waals surface area contributed by atoms with E-state index in [0.717, 1.165) is 0 Å². The third-order valence-corrected chi connectivity index (χ3v) is 7.10. The molecular weight excluding hydrogens is 770 g/mol. The second-order valence-electron chi connectivity index (χ2n) is 11.5. The highest BCUT2D eigenvalue weighted by atomic mass is 16.6. The van der Waals surface area contributed by atoms with Gasteiger partial charge in [-0.05, 0) is 16.6 Å². The van der Waals surface area contributed by atoms with Crippen LogP contribution in [-0.2, 0) is 57.0 Å². The van der Waals surface area contributed by atoms with Crippen LogP contribution in [0.4, 0.5) is 0 Å². The molecule has 0 radical (unpaired) electrons. The van der Waals surface area contributed by atoms with Gasteiger partial charge >= 0.3 is 0 Å². The Morgan fingerprint density at radius 1 is 0.379 bits per heavy atom. The first-order chi connectivity index (χ1) is 28.5. The smallest absolute Gasteiger partial charge is 0.222 e. The van der Waals surface area contributed by atoms with Crippen LogP contribution in [0.25, 0.3) is 31.3 Å². The monoisotopic (exact) mass is 833 g/mol. The zero-order chi connectivity index (χ0) is 42.3. The van der Waals surface area contributed by atoms with E-state index in [2.05, 4.69) is 46.0 Å². The maximum Gasteiger partial charge on any atom is 0.222 e. The van der Waals surface area contributed by atoms with Crippen molar-refractivity contribution in [1.82, 2.24) is 20.9 Å². The average Bonchev–Trinajstić information content (AvgIpc) is 3.21. The van der Waals surface area contributed by atoms with Crippen LogP contribution in [0.15, 0.2) is 15.3 Å². The number of carbonyl (C=O) groups excluding carboxylic acids is 3. The maximum atomic E-state index is 12.3. The zero-order valence-electron chi connectivity index (χ0n) is 33.6. The van der Waals surface area contributed by atoms with Gasteiger partial charge in [0, 0.05) is 92.9 Å². The number of hydrogen-bond donors (Lipinski definition) is 3. The number of nitrogens with zero attached hydrogens (tertiary/aromatic N) is 10. The molecule has 0 bridgehead atoms. The van der Waals surface area contributed by atoms with Crippen molar-refractivity contribution >= 4 is 17.7 Å². The first-order valence-corrected chi connectivity index (χ1v) is 19.3. The van der Waals surface area contributed by atoms with E-state index in [0.29, 0.717) is 138 Å². The fraction of sp³-hybridized carbons (Fsp3) is 0.909. The maximum absolute atomic E-state index is 12.3. The van der Waals surface area contributed by atoms with E-state index in [1.165, 1.54) is 0 Å². The molecule has 0 fully saturated rings. The molecular formula is C33H63N13O12. The molecule has 3 N–H and O–H groups in total. The minimum atomic E-state index is -0.169. The molecule has 0 aromatic rings. The summed E-state index contributed by atoms with van der Waals surface area (Å²) in [7, 11) is 0. The van der Waals surface area contributed by atoms with Gasteiger partial charge in [0.1, 0.15) is 0 Å².